The molecule has 0 spiro atoms. The van der Waals surface area contributed by atoms with E-state index in [-0.39, 0.29) is 12.1 Å². The SMILES string of the molecule is CN(C)c1ccc(C2c3cccn3-c3ccccc3CN2C(=O)Nc2ccc(Cl)cc2)cc1. The lowest BCUT2D eigenvalue weighted by molar-refractivity contribution is 0.194. The number of rotatable bonds is 3. The summed E-state index contributed by atoms with van der Waals surface area (Å²) in [6.45, 7) is 0.484. The molecule has 1 aromatic heterocycles. The van der Waals surface area contributed by atoms with Crippen LogP contribution in [0.5, 0.6) is 0 Å². The molecule has 1 atom stereocenters. The monoisotopic (exact) mass is 456 g/mol. The number of urea groups is 1. The Balaban J connectivity index is 1.61. The number of nitrogens with zero attached hydrogens (tertiary/aromatic N) is 3. The smallest absolute Gasteiger partial charge is 0.322 e. The van der Waals surface area contributed by atoms with Crippen LogP contribution in [0.25, 0.3) is 5.69 Å². The molecule has 1 aliphatic heterocycles. The highest BCUT2D eigenvalue weighted by Crippen LogP contribution is 2.37. The molecule has 2 heterocycles. The van der Waals surface area contributed by atoms with Crippen LogP contribution in [0.1, 0.15) is 22.9 Å². The molecule has 0 radical (unpaired) electrons. The van der Waals surface area contributed by atoms with Gasteiger partial charge in [0.05, 0.1) is 18.3 Å². The molecule has 0 bridgehead atoms. The van der Waals surface area contributed by atoms with Gasteiger partial charge in [-0.3, -0.25) is 0 Å². The Labute approximate surface area is 198 Å². The predicted molar refractivity (Wildman–Crippen MR) is 134 cm³/mol. The van der Waals surface area contributed by atoms with Gasteiger partial charge in [-0.15, -0.1) is 0 Å². The zero-order chi connectivity index (χ0) is 22.9. The van der Waals surface area contributed by atoms with Crippen molar-refractivity contribution in [2.45, 2.75) is 12.6 Å². The van der Waals surface area contributed by atoms with Crippen LogP contribution in [0.2, 0.25) is 5.02 Å². The van der Waals surface area contributed by atoms with Crippen molar-refractivity contribution in [1.82, 2.24) is 9.47 Å². The summed E-state index contributed by atoms with van der Waals surface area (Å²) in [4.78, 5) is 17.6. The molecule has 33 heavy (non-hydrogen) atoms. The van der Waals surface area contributed by atoms with Gasteiger partial charge in [-0.05, 0) is 65.7 Å². The van der Waals surface area contributed by atoms with Gasteiger partial charge in [0.15, 0.2) is 0 Å². The molecule has 4 aromatic rings. The van der Waals surface area contributed by atoms with Crippen molar-refractivity contribution in [1.29, 1.82) is 0 Å². The van der Waals surface area contributed by atoms with E-state index in [9.17, 15) is 4.79 Å². The molecular formula is C27H25ClN4O. The molecule has 1 unspecified atom stereocenters. The van der Waals surface area contributed by atoms with E-state index < -0.39 is 0 Å². The highest BCUT2D eigenvalue weighted by molar-refractivity contribution is 6.30. The van der Waals surface area contributed by atoms with Crippen molar-refractivity contribution in [3.8, 4) is 5.69 Å². The highest BCUT2D eigenvalue weighted by atomic mass is 35.5. The number of amides is 2. The van der Waals surface area contributed by atoms with Gasteiger partial charge in [0.2, 0.25) is 0 Å². The summed E-state index contributed by atoms with van der Waals surface area (Å²) < 4.78 is 2.19. The number of hydrogen-bond acceptors (Lipinski definition) is 2. The fraction of sp³-hybridized carbons (Fsp3) is 0.148. The van der Waals surface area contributed by atoms with Crippen molar-refractivity contribution >= 4 is 29.0 Å². The van der Waals surface area contributed by atoms with Crippen molar-refractivity contribution in [3.05, 3.63) is 113 Å². The minimum Gasteiger partial charge on any atom is -0.378 e. The van der Waals surface area contributed by atoms with E-state index >= 15 is 0 Å². The van der Waals surface area contributed by atoms with Gasteiger partial charge >= 0.3 is 6.03 Å². The molecule has 166 valence electrons. The molecule has 0 saturated carbocycles. The minimum absolute atomic E-state index is 0.163. The Kier molecular flexibility index (Phi) is 5.56. The van der Waals surface area contributed by atoms with Crippen LogP contribution in [-0.4, -0.2) is 29.6 Å². The van der Waals surface area contributed by atoms with Gasteiger partial charge in [-0.1, -0.05) is 41.9 Å². The number of fused-ring (bicyclic) bond motifs is 3. The predicted octanol–water partition coefficient (Wildman–Crippen LogP) is 6.33. The maximum absolute atomic E-state index is 13.7. The van der Waals surface area contributed by atoms with Crippen LogP contribution >= 0.6 is 11.6 Å². The summed E-state index contributed by atoms with van der Waals surface area (Å²) in [5.41, 5.74) is 6.11. The van der Waals surface area contributed by atoms with Crippen molar-refractivity contribution in [3.63, 3.8) is 0 Å². The molecule has 0 aliphatic carbocycles. The summed E-state index contributed by atoms with van der Waals surface area (Å²) in [6.07, 6.45) is 2.07. The second kappa shape index (κ2) is 8.68. The number of hydrogen-bond donors (Lipinski definition) is 1. The van der Waals surface area contributed by atoms with Crippen LogP contribution in [0.3, 0.4) is 0 Å². The van der Waals surface area contributed by atoms with Gasteiger partial charge in [-0.2, -0.15) is 0 Å². The number of halogens is 1. The third-order valence-corrected chi connectivity index (χ3v) is 6.30. The number of nitrogens with one attached hydrogen (secondary N) is 1. The Morgan fingerprint density at radius 2 is 1.67 bits per heavy atom. The molecule has 2 amide bonds. The van der Waals surface area contributed by atoms with Gasteiger partial charge in [-0.25, -0.2) is 4.79 Å². The molecule has 3 aromatic carbocycles. The van der Waals surface area contributed by atoms with Crippen molar-refractivity contribution < 1.29 is 4.79 Å². The Morgan fingerprint density at radius 3 is 2.39 bits per heavy atom. The van der Waals surface area contributed by atoms with E-state index in [0.29, 0.717) is 17.3 Å². The van der Waals surface area contributed by atoms with Gasteiger partial charge in [0.1, 0.15) is 0 Å². The molecular weight excluding hydrogens is 432 g/mol. The largest absolute Gasteiger partial charge is 0.378 e. The zero-order valence-corrected chi connectivity index (χ0v) is 19.3. The Bertz CT molecular complexity index is 1280. The number of benzene rings is 3. The summed E-state index contributed by atoms with van der Waals surface area (Å²) in [5.74, 6) is 0. The van der Waals surface area contributed by atoms with Crippen LogP contribution in [0, 0.1) is 0 Å². The third kappa shape index (κ3) is 4.08. The summed E-state index contributed by atoms with van der Waals surface area (Å²) >= 11 is 6.03. The van der Waals surface area contributed by atoms with E-state index in [4.69, 9.17) is 11.6 Å². The second-order valence-electron chi connectivity index (χ2n) is 8.39. The van der Waals surface area contributed by atoms with Crippen LogP contribution in [-0.2, 0) is 6.54 Å². The van der Waals surface area contributed by atoms with E-state index in [0.717, 1.165) is 28.2 Å². The van der Waals surface area contributed by atoms with Gasteiger partial charge < -0.3 is 19.7 Å². The lowest BCUT2D eigenvalue weighted by atomic mass is 10.0. The van der Waals surface area contributed by atoms with Gasteiger partial charge in [0.25, 0.3) is 0 Å². The first kappa shape index (κ1) is 21.2. The summed E-state index contributed by atoms with van der Waals surface area (Å²) in [7, 11) is 4.04. The number of carbonyl (C=O) groups is 1. The lowest BCUT2D eigenvalue weighted by Gasteiger charge is -2.31. The zero-order valence-electron chi connectivity index (χ0n) is 18.6. The standard InChI is InChI=1S/C27H25ClN4O/c1-30(2)23-15-9-19(10-16-23)26-25-8-5-17-31(25)24-7-4-3-6-20(24)18-32(26)27(33)29-22-13-11-21(28)12-14-22/h3-17,26H,18H2,1-2H3,(H,29,33). The Morgan fingerprint density at radius 1 is 0.939 bits per heavy atom. The number of aromatic nitrogens is 1. The fourth-order valence-corrected chi connectivity index (χ4v) is 4.50. The van der Waals surface area contributed by atoms with E-state index in [1.54, 1.807) is 12.1 Å². The van der Waals surface area contributed by atoms with Crippen molar-refractivity contribution in [2.24, 2.45) is 0 Å². The summed E-state index contributed by atoms with van der Waals surface area (Å²) in [6, 6.07) is 27.5. The third-order valence-electron chi connectivity index (χ3n) is 6.05. The summed E-state index contributed by atoms with van der Waals surface area (Å²) in [5, 5.41) is 3.69. The average molecular weight is 457 g/mol. The molecule has 5 nitrogen and oxygen atoms in total. The maximum Gasteiger partial charge on any atom is 0.322 e. The minimum atomic E-state index is -0.254. The number of carbonyl (C=O) groups excluding carboxylic acids is 1. The second-order valence-corrected chi connectivity index (χ2v) is 8.82. The van der Waals surface area contributed by atoms with Gasteiger partial charge in [0, 0.05) is 42.4 Å². The lowest BCUT2D eigenvalue weighted by Crippen LogP contribution is -2.37. The first-order valence-corrected chi connectivity index (χ1v) is 11.2. The molecule has 5 rings (SSSR count). The molecule has 0 fully saturated rings. The topological polar surface area (TPSA) is 40.5 Å². The molecule has 1 N–H and O–H groups in total. The van der Waals surface area contributed by atoms with Crippen molar-refractivity contribution in [2.75, 3.05) is 24.3 Å². The van der Waals surface area contributed by atoms with Crippen LogP contribution < -0.4 is 10.2 Å². The molecule has 6 heteroatoms. The quantitative estimate of drug-likeness (QED) is 0.391. The van der Waals surface area contributed by atoms with Crippen LogP contribution in [0.15, 0.2) is 91.1 Å². The fourth-order valence-electron chi connectivity index (χ4n) is 4.37. The van der Waals surface area contributed by atoms with E-state index in [1.807, 2.05) is 49.3 Å². The first-order valence-electron chi connectivity index (χ1n) is 10.9. The average Bonchev–Trinajstić information content (AvgIpc) is 3.25. The Hall–Kier alpha value is -3.70. The van der Waals surface area contributed by atoms with E-state index in [1.165, 1.54) is 0 Å². The normalized spacial score (nSPS) is 14.8. The number of anilines is 2. The number of para-hydroxylation sites is 1. The van der Waals surface area contributed by atoms with Crippen LogP contribution in [0.4, 0.5) is 16.2 Å². The molecule has 0 saturated heterocycles. The van der Waals surface area contributed by atoms with E-state index in [2.05, 4.69) is 63.4 Å². The molecule has 1 aliphatic rings. The first-order chi connectivity index (χ1) is 16.0. The maximum atomic E-state index is 13.7. The highest BCUT2D eigenvalue weighted by Gasteiger charge is 2.33.